The second-order valence-electron chi connectivity index (χ2n) is 32.2. The maximum Gasteiger partial charge on any atom is 0.273 e. The Morgan fingerprint density at radius 1 is 0.347 bits per heavy atom. The highest BCUT2D eigenvalue weighted by Gasteiger charge is 2.52. The third-order valence-corrected chi connectivity index (χ3v) is 23.8. The van der Waals surface area contributed by atoms with E-state index in [-0.39, 0.29) is 94.7 Å². The topological polar surface area (TPSA) is 310 Å². The molecule has 118 heavy (non-hydrogen) atoms. The predicted octanol–water partition coefficient (Wildman–Crippen LogP) is 14.3. The zero-order valence-electron chi connectivity index (χ0n) is 66.2. The number of halogens is 2. The smallest absolute Gasteiger partial charge is 0.273 e. The third kappa shape index (κ3) is 16.4. The molecule has 0 spiro atoms. The van der Waals surface area contributed by atoms with Crippen molar-refractivity contribution in [2.24, 2.45) is 23.7 Å². The van der Waals surface area contributed by atoms with E-state index in [1.54, 1.807) is 55.2 Å². The Hall–Kier alpha value is -13.1. The number of nitrogens with zero attached hydrogens (tertiary/aromatic N) is 16. The Labute approximate surface area is 681 Å². The number of oxazole rings is 2. The summed E-state index contributed by atoms with van der Waals surface area (Å²) >= 11 is 0. The van der Waals surface area contributed by atoms with Crippen LogP contribution in [0.4, 0.5) is 32.1 Å². The van der Waals surface area contributed by atoms with E-state index in [0.29, 0.717) is 82.2 Å². The largest absolute Gasteiger partial charge is 0.444 e. The fraction of sp³-hybridized carbons (Fsp3) is 0.333. The van der Waals surface area contributed by atoms with Crippen LogP contribution in [0.25, 0.3) is 45.7 Å². The van der Waals surface area contributed by atoms with Crippen molar-refractivity contribution in [1.29, 1.82) is 0 Å². The van der Waals surface area contributed by atoms with Crippen LogP contribution >= 0.6 is 0 Å². The van der Waals surface area contributed by atoms with Crippen LogP contribution in [-0.2, 0) is 0 Å². The number of aryl methyl sites for hydroxylation is 6. The van der Waals surface area contributed by atoms with Gasteiger partial charge in [-0.2, -0.15) is 0 Å². The average molecular weight is 1590 g/mol. The molecule has 8 fully saturated rings. The molecule has 26 nitrogen and oxygen atoms in total. The van der Waals surface area contributed by atoms with E-state index in [9.17, 15) is 28.0 Å². The number of rotatable bonds is 16. The highest BCUT2D eigenvalue weighted by atomic mass is 19.1. The fourth-order valence-electron chi connectivity index (χ4n) is 18.4. The van der Waals surface area contributed by atoms with Crippen molar-refractivity contribution in [1.82, 2.24) is 79.4 Å². The van der Waals surface area contributed by atoms with Crippen LogP contribution in [-0.4, -0.2) is 178 Å². The van der Waals surface area contributed by atoms with E-state index < -0.39 is 11.6 Å². The Balaban J connectivity index is 0.000000113. The van der Waals surface area contributed by atoms with Gasteiger partial charge in [-0.3, -0.25) is 39.1 Å². The molecule has 600 valence electrons. The Kier molecular flexibility index (Phi) is 22.0. The average Bonchev–Trinajstić information content (AvgIpc) is 1.61. The number of pyridine rings is 10. The first-order valence-electron chi connectivity index (χ1n) is 40.2. The fourth-order valence-corrected chi connectivity index (χ4v) is 18.4. The highest BCUT2D eigenvalue weighted by molar-refractivity contribution is 6.02. The first-order valence-corrected chi connectivity index (χ1v) is 40.2. The molecule has 28 heteroatoms. The van der Waals surface area contributed by atoms with Crippen LogP contribution in [0.15, 0.2) is 205 Å². The number of hydrogen-bond donors (Lipinski definition) is 4. The van der Waals surface area contributed by atoms with Gasteiger partial charge in [-0.05, 0) is 235 Å². The monoisotopic (exact) mass is 1580 g/mol. The number of piperidine rings is 4. The molecule has 8 aliphatic rings. The van der Waals surface area contributed by atoms with Crippen molar-refractivity contribution in [3.63, 3.8) is 0 Å². The number of hydrogen-bond acceptors (Lipinski definition) is 22. The summed E-state index contributed by atoms with van der Waals surface area (Å²) in [5.41, 5.74) is 9.94. The lowest BCUT2D eigenvalue weighted by atomic mass is 10.0. The van der Waals surface area contributed by atoms with Crippen LogP contribution in [0, 0.1) is 76.8 Å². The predicted molar refractivity (Wildman–Crippen MR) is 440 cm³/mol. The Bertz CT molecular complexity index is 5270. The first kappa shape index (κ1) is 77.4. The minimum atomic E-state index is -0.488. The molecule has 4 saturated heterocycles. The number of carbonyl (C=O) groups is 4. The summed E-state index contributed by atoms with van der Waals surface area (Å²) in [6.45, 7) is 14.9. The van der Waals surface area contributed by atoms with Gasteiger partial charge < -0.3 is 49.7 Å². The zero-order valence-corrected chi connectivity index (χ0v) is 66.2. The van der Waals surface area contributed by atoms with Gasteiger partial charge in [-0.15, -0.1) is 0 Å². The lowest BCUT2D eigenvalue weighted by Crippen LogP contribution is -2.48. The van der Waals surface area contributed by atoms with Gasteiger partial charge in [0.1, 0.15) is 75.8 Å². The van der Waals surface area contributed by atoms with Crippen LogP contribution < -0.4 is 21.3 Å². The van der Waals surface area contributed by atoms with Crippen LogP contribution in [0.3, 0.4) is 0 Å². The number of carbonyl (C=O) groups excluding carboxylic acids is 4. The van der Waals surface area contributed by atoms with Crippen LogP contribution in [0.2, 0.25) is 0 Å². The molecule has 4 aliphatic heterocycles. The number of fused-ring (bicyclic) bond motifs is 8. The number of aromatic nitrogens is 12. The standard InChI is InChI=1S/2C23H22FN5O.2C22H23N5O2/c1-14-6-7-20(27-12-14)28-18-10-15-11-19(18)29(13-15)23(30)16-4-2-8-25-21(16)22-17(24)5-3-9-26-22;1-14-6-7-20(27-12-14)28-18-10-15-11-19(18)29(13-15)23(30)22-16(4-2-8-26-22)21-17(24)5-3-9-25-21;1-13-3-6-19(24-11-13)26-17-9-15-10-18(17)27(12-15)22(28)16-5-4-14(2)25-20(16)21-23-7-8-29-21;1-13-3-4-19(24-10-13)26-17-8-15-9-18(17)27(12-15)22(28)20-16(7-14(2)11-25-20)21-23-5-6-29-21/h2*2-9,12,15,18-19H,10-11,13H2,1H3,(H,27,28);3-8,11,15,17-18H,9-10,12H2,1-2H3,(H,24,26);3-7,10-11,15,17-18H,8-9,12H2,1-2H3,(H,24,26). The summed E-state index contributed by atoms with van der Waals surface area (Å²) in [4.78, 5) is 114. The number of likely N-dealkylation sites (tertiary alicyclic amines) is 4. The maximum atomic E-state index is 14.3. The molecule has 4 N–H and O–H groups in total. The molecule has 0 aromatic carbocycles. The molecule has 16 heterocycles. The van der Waals surface area contributed by atoms with Crippen LogP contribution in [0.1, 0.15) is 127 Å². The normalized spacial score (nSPS) is 22.6. The SMILES string of the molecule is Cc1ccc(NC2CC3CC2N(C(=O)c2ccc(C)nc2-c2ncco2)C3)nc1.Cc1ccc(NC2CC3CC2N(C(=O)c2cccnc2-c2ncccc2F)C3)nc1.Cc1ccc(NC2CC3CC2N(C(=O)c2ncc(C)cc2-c2ncco2)C3)nc1.Cc1ccc(NC2CC3CC2N(C(=O)c2ncccc2-c2ncccc2F)C3)nc1. The Morgan fingerprint density at radius 2 is 0.729 bits per heavy atom. The summed E-state index contributed by atoms with van der Waals surface area (Å²) in [5, 5.41) is 14.1. The number of nitrogens with one attached hydrogen (secondary N) is 4. The van der Waals surface area contributed by atoms with Crippen molar-refractivity contribution in [3.8, 4) is 45.7 Å². The molecule has 4 amide bonds. The van der Waals surface area contributed by atoms with Gasteiger partial charge >= 0.3 is 0 Å². The van der Waals surface area contributed by atoms with E-state index in [4.69, 9.17) is 8.83 Å². The van der Waals surface area contributed by atoms with Crippen LogP contribution in [0.5, 0.6) is 0 Å². The second-order valence-corrected chi connectivity index (χ2v) is 32.2. The lowest BCUT2D eigenvalue weighted by Gasteiger charge is -2.34. The highest BCUT2D eigenvalue weighted by Crippen LogP contribution is 2.45. The second kappa shape index (κ2) is 33.6. The summed E-state index contributed by atoms with van der Waals surface area (Å²) in [7, 11) is 0. The third-order valence-electron chi connectivity index (χ3n) is 23.8. The minimum Gasteiger partial charge on any atom is -0.444 e. The molecule has 0 radical (unpaired) electrons. The Morgan fingerprint density at radius 3 is 1.14 bits per heavy atom. The lowest BCUT2D eigenvalue weighted by molar-refractivity contribution is 0.0680. The molecule has 12 aromatic heterocycles. The minimum absolute atomic E-state index is 0.0124. The molecular weight excluding hydrogens is 1500 g/mol. The summed E-state index contributed by atoms with van der Waals surface area (Å²) in [6.07, 6.45) is 29.5. The molecule has 8 bridgehead atoms. The van der Waals surface area contributed by atoms with E-state index in [0.717, 1.165) is 121 Å². The molecule has 12 aromatic rings. The van der Waals surface area contributed by atoms with E-state index in [1.165, 1.54) is 49.2 Å². The molecular formula is C90H90F2N20O6. The summed E-state index contributed by atoms with van der Waals surface area (Å²) in [6, 6.07) is 35.3. The zero-order chi connectivity index (χ0) is 81.2. The summed E-state index contributed by atoms with van der Waals surface area (Å²) < 4.78 is 39.6. The quantitative estimate of drug-likeness (QED) is 0.0698. The van der Waals surface area contributed by atoms with Gasteiger partial charge in [-0.25, -0.2) is 48.7 Å². The molecule has 12 atom stereocenters. The van der Waals surface area contributed by atoms with Gasteiger partial charge in [-0.1, -0.05) is 24.3 Å². The summed E-state index contributed by atoms with van der Waals surface area (Å²) in [5.74, 6) is 4.74. The van der Waals surface area contributed by atoms with Gasteiger partial charge in [0.25, 0.3) is 23.6 Å². The van der Waals surface area contributed by atoms with E-state index >= 15 is 0 Å². The van der Waals surface area contributed by atoms with Gasteiger partial charge in [0.05, 0.1) is 53.3 Å². The van der Waals surface area contributed by atoms with Crippen molar-refractivity contribution in [2.45, 2.75) is 141 Å². The number of anilines is 4. The van der Waals surface area contributed by atoms with E-state index in [2.05, 4.69) is 81.1 Å². The maximum absolute atomic E-state index is 14.3. The first-order chi connectivity index (χ1) is 57.4. The molecule has 4 saturated carbocycles. The van der Waals surface area contributed by atoms with Gasteiger partial charge in [0, 0.05) is 117 Å². The molecule has 12 unspecified atom stereocenters. The van der Waals surface area contributed by atoms with Gasteiger partial charge in [0.15, 0.2) is 5.82 Å². The van der Waals surface area contributed by atoms with Crippen molar-refractivity contribution < 1.29 is 36.8 Å². The van der Waals surface area contributed by atoms with E-state index in [1.807, 2.05) is 153 Å². The van der Waals surface area contributed by atoms with Gasteiger partial charge in [0.2, 0.25) is 11.8 Å². The van der Waals surface area contributed by atoms with Crippen molar-refractivity contribution in [2.75, 3.05) is 47.4 Å². The molecule has 4 aliphatic carbocycles. The van der Waals surface area contributed by atoms with Crippen molar-refractivity contribution >= 4 is 46.9 Å². The van der Waals surface area contributed by atoms with Crippen molar-refractivity contribution in [3.05, 3.63) is 264 Å². The molecule has 20 rings (SSSR count). The number of amides is 4.